The maximum absolute atomic E-state index is 12.1. The molecule has 1 amide bonds. The molecule has 112 valence electrons. The molecule has 1 unspecified atom stereocenters. The Balaban J connectivity index is 1.65. The molecule has 2 aromatic heterocycles. The van der Waals surface area contributed by atoms with Crippen LogP contribution in [0.15, 0.2) is 42.6 Å². The Morgan fingerprint density at radius 1 is 1.27 bits per heavy atom. The molecule has 1 atom stereocenters. The molecule has 0 bridgehead atoms. The summed E-state index contributed by atoms with van der Waals surface area (Å²) in [6, 6.07) is 11.7. The van der Waals surface area contributed by atoms with Gasteiger partial charge < -0.3 is 5.32 Å². The molecule has 4 nitrogen and oxygen atoms in total. The Bertz CT molecular complexity index is 762. The second-order valence-corrected chi connectivity index (χ2v) is 6.38. The van der Waals surface area contributed by atoms with Crippen LogP contribution in [0.5, 0.6) is 0 Å². The van der Waals surface area contributed by atoms with E-state index in [0.717, 1.165) is 16.2 Å². The van der Waals surface area contributed by atoms with E-state index >= 15 is 0 Å². The largest absolute Gasteiger partial charge is 0.351 e. The molecule has 0 fully saturated rings. The highest BCUT2D eigenvalue weighted by molar-refractivity contribution is 7.18. The van der Waals surface area contributed by atoms with E-state index in [-0.39, 0.29) is 11.8 Å². The van der Waals surface area contributed by atoms with E-state index in [9.17, 15) is 4.79 Å². The molecule has 0 aliphatic carbocycles. The Kier molecular flexibility index (Phi) is 4.15. The highest BCUT2D eigenvalue weighted by atomic mass is 32.1. The zero-order valence-corrected chi connectivity index (χ0v) is 13.4. The number of thiazole rings is 1. The number of aryl methyl sites for hydroxylation is 1. The molecule has 1 N–H and O–H groups in total. The van der Waals surface area contributed by atoms with Gasteiger partial charge in [-0.3, -0.25) is 9.78 Å². The molecule has 1 aromatic carbocycles. The average Bonchev–Trinajstić information content (AvgIpc) is 2.97. The van der Waals surface area contributed by atoms with Crippen LogP contribution in [-0.2, 0) is 0 Å². The van der Waals surface area contributed by atoms with E-state index in [4.69, 9.17) is 0 Å². The van der Waals surface area contributed by atoms with Crippen LogP contribution >= 0.6 is 11.3 Å². The van der Waals surface area contributed by atoms with Crippen molar-refractivity contribution in [3.05, 3.63) is 58.9 Å². The number of amides is 1. The van der Waals surface area contributed by atoms with Crippen LogP contribution in [0.2, 0.25) is 0 Å². The molecule has 0 saturated carbocycles. The molecule has 2 heterocycles. The van der Waals surface area contributed by atoms with E-state index in [1.165, 1.54) is 4.70 Å². The minimum absolute atomic E-state index is 0.0968. The van der Waals surface area contributed by atoms with Gasteiger partial charge in [-0.25, -0.2) is 4.98 Å². The van der Waals surface area contributed by atoms with Crippen LogP contribution < -0.4 is 5.32 Å². The van der Waals surface area contributed by atoms with Crippen LogP contribution in [0.4, 0.5) is 0 Å². The summed E-state index contributed by atoms with van der Waals surface area (Å²) in [4.78, 5) is 20.9. The first-order chi connectivity index (χ1) is 10.6. The van der Waals surface area contributed by atoms with Crippen molar-refractivity contribution in [3.63, 3.8) is 0 Å². The predicted molar refractivity (Wildman–Crippen MR) is 89.3 cm³/mol. The molecular formula is C17H17N3OS. The van der Waals surface area contributed by atoms with Crippen LogP contribution in [0.25, 0.3) is 10.2 Å². The number of rotatable bonds is 4. The fraction of sp³-hybridized carbons (Fsp3) is 0.235. The summed E-state index contributed by atoms with van der Waals surface area (Å²) < 4.78 is 1.18. The first-order valence-electron chi connectivity index (χ1n) is 7.20. The molecule has 0 radical (unpaired) electrons. The van der Waals surface area contributed by atoms with Crippen LogP contribution in [0.3, 0.4) is 0 Å². The van der Waals surface area contributed by atoms with Crippen molar-refractivity contribution in [1.82, 2.24) is 15.3 Å². The van der Waals surface area contributed by atoms with Gasteiger partial charge in [0.2, 0.25) is 0 Å². The van der Waals surface area contributed by atoms with Gasteiger partial charge in [-0.15, -0.1) is 11.3 Å². The second-order valence-electron chi connectivity index (χ2n) is 5.32. The lowest BCUT2D eigenvalue weighted by atomic mass is 10.2. The first kappa shape index (κ1) is 14.7. The number of hydrogen-bond acceptors (Lipinski definition) is 4. The van der Waals surface area contributed by atoms with Gasteiger partial charge in [0.25, 0.3) is 5.91 Å². The number of benzene rings is 1. The topological polar surface area (TPSA) is 54.9 Å². The summed E-state index contributed by atoms with van der Waals surface area (Å²) in [5, 5.41) is 3.99. The third kappa shape index (κ3) is 3.14. The molecular weight excluding hydrogens is 294 g/mol. The number of pyridine rings is 1. The standard InChI is InChI=1S/C17H17N3OS/c1-11(17-20-14-5-3-4-6-15(14)22-17)9-19-16(21)13-8-7-12(2)18-10-13/h3-8,10-11H,9H2,1-2H3,(H,19,21). The highest BCUT2D eigenvalue weighted by Crippen LogP contribution is 2.26. The van der Waals surface area contributed by atoms with Crippen molar-refractivity contribution in [1.29, 1.82) is 0 Å². The van der Waals surface area contributed by atoms with Crippen molar-refractivity contribution in [3.8, 4) is 0 Å². The van der Waals surface area contributed by atoms with E-state index in [1.54, 1.807) is 23.6 Å². The van der Waals surface area contributed by atoms with Gasteiger partial charge >= 0.3 is 0 Å². The lowest BCUT2D eigenvalue weighted by molar-refractivity contribution is 0.0951. The normalized spacial score (nSPS) is 12.3. The predicted octanol–water partition coefficient (Wildman–Crippen LogP) is 3.53. The van der Waals surface area contributed by atoms with Gasteiger partial charge in [0, 0.05) is 24.4 Å². The lowest BCUT2D eigenvalue weighted by Crippen LogP contribution is -2.27. The maximum Gasteiger partial charge on any atom is 0.252 e. The molecule has 22 heavy (non-hydrogen) atoms. The van der Waals surface area contributed by atoms with E-state index in [2.05, 4.69) is 28.3 Å². The Hall–Kier alpha value is -2.27. The van der Waals surface area contributed by atoms with Crippen molar-refractivity contribution >= 4 is 27.5 Å². The molecule has 0 spiro atoms. The third-order valence-corrected chi connectivity index (χ3v) is 4.74. The molecule has 0 aliphatic heterocycles. The lowest BCUT2D eigenvalue weighted by Gasteiger charge is -2.10. The van der Waals surface area contributed by atoms with Gasteiger partial charge in [0.05, 0.1) is 20.8 Å². The monoisotopic (exact) mass is 311 g/mol. The fourth-order valence-corrected chi connectivity index (χ4v) is 3.16. The minimum Gasteiger partial charge on any atom is -0.351 e. The Morgan fingerprint density at radius 2 is 2.09 bits per heavy atom. The Morgan fingerprint density at radius 3 is 2.82 bits per heavy atom. The molecule has 0 aliphatic rings. The van der Waals surface area contributed by atoms with Gasteiger partial charge in [-0.2, -0.15) is 0 Å². The average molecular weight is 311 g/mol. The van der Waals surface area contributed by atoms with Crippen molar-refractivity contribution in [2.45, 2.75) is 19.8 Å². The second kappa shape index (κ2) is 6.23. The van der Waals surface area contributed by atoms with Gasteiger partial charge in [0.1, 0.15) is 0 Å². The number of fused-ring (bicyclic) bond motifs is 1. The number of hydrogen-bond donors (Lipinski definition) is 1. The fourth-order valence-electron chi connectivity index (χ4n) is 2.14. The molecule has 3 aromatic rings. The van der Waals surface area contributed by atoms with Gasteiger partial charge in [0.15, 0.2) is 0 Å². The number of para-hydroxylation sites is 1. The van der Waals surface area contributed by atoms with Gasteiger partial charge in [-0.1, -0.05) is 19.1 Å². The summed E-state index contributed by atoms with van der Waals surface area (Å²) in [6.07, 6.45) is 1.60. The smallest absolute Gasteiger partial charge is 0.252 e. The van der Waals surface area contributed by atoms with Crippen LogP contribution in [0, 0.1) is 6.92 Å². The number of carbonyl (C=O) groups excluding carboxylic acids is 1. The van der Waals surface area contributed by atoms with E-state index in [0.29, 0.717) is 12.1 Å². The third-order valence-electron chi connectivity index (χ3n) is 3.47. The number of nitrogens with zero attached hydrogens (tertiary/aromatic N) is 2. The van der Waals surface area contributed by atoms with Crippen molar-refractivity contribution in [2.24, 2.45) is 0 Å². The maximum atomic E-state index is 12.1. The summed E-state index contributed by atoms with van der Waals surface area (Å²) in [6.45, 7) is 4.54. The molecule has 0 saturated heterocycles. The number of carbonyl (C=O) groups is 1. The SMILES string of the molecule is Cc1ccc(C(=O)NCC(C)c2nc3ccccc3s2)cn1. The molecule has 3 rings (SSSR count). The minimum atomic E-state index is -0.0968. The van der Waals surface area contributed by atoms with Crippen LogP contribution in [0.1, 0.15) is 33.9 Å². The number of nitrogens with one attached hydrogen (secondary N) is 1. The first-order valence-corrected chi connectivity index (χ1v) is 8.01. The quantitative estimate of drug-likeness (QED) is 0.802. The zero-order chi connectivity index (χ0) is 15.5. The Labute approximate surface area is 133 Å². The van der Waals surface area contributed by atoms with E-state index < -0.39 is 0 Å². The number of aromatic nitrogens is 2. The van der Waals surface area contributed by atoms with Gasteiger partial charge in [-0.05, 0) is 31.2 Å². The summed E-state index contributed by atoms with van der Waals surface area (Å²) in [7, 11) is 0. The summed E-state index contributed by atoms with van der Waals surface area (Å²) in [5.74, 6) is 0.0835. The summed E-state index contributed by atoms with van der Waals surface area (Å²) >= 11 is 1.68. The summed E-state index contributed by atoms with van der Waals surface area (Å²) in [5.41, 5.74) is 2.50. The van der Waals surface area contributed by atoms with Crippen LogP contribution in [-0.4, -0.2) is 22.4 Å². The highest BCUT2D eigenvalue weighted by Gasteiger charge is 2.13. The molecule has 5 heteroatoms. The zero-order valence-electron chi connectivity index (χ0n) is 12.5. The van der Waals surface area contributed by atoms with Crippen molar-refractivity contribution in [2.75, 3.05) is 6.54 Å². The van der Waals surface area contributed by atoms with E-state index in [1.807, 2.05) is 31.2 Å². The van der Waals surface area contributed by atoms with Crippen molar-refractivity contribution < 1.29 is 4.79 Å².